The zero-order valence-electron chi connectivity index (χ0n) is 11.7. The summed E-state index contributed by atoms with van der Waals surface area (Å²) in [5.74, 6) is 0.728. The Balaban J connectivity index is 1.61. The number of hydrogen-bond acceptors (Lipinski definition) is 6. The molecule has 0 amide bonds. The fraction of sp³-hybridized carbons (Fsp3) is 0.357. The van der Waals surface area contributed by atoms with Crippen molar-refractivity contribution in [1.29, 1.82) is 0 Å². The van der Waals surface area contributed by atoms with Crippen molar-refractivity contribution in [2.45, 2.75) is 25.6 Å². The largest absolute Gasteiger partial charge is 0.363 e. The molecular formula is C14H14ClN5OS. The maximum Gasteiger partial charge on any atom is 0.167 e. The monoisotopic (exact) mass is 335 g/mol. The summed E-state index contributed by atoms with van der Waals surface area (Å²) in [6.07, 6.45) is 5.43. The van der Waals surface area contributed by atoms with Crippen molar-refractivity contribution >= 4 is 39.9 Å². The first kappa shape index (κ1) is 13.9. The molecule has 1 unspecified atom stereocenters. The van der Waals surface area contributed by atoms with Crippen LogP contribution >= 0.6 is 22.9 Å². The molecule has 1 fully saturated rings. The second-order valence-electron chi connectivity index (χ2n) is 5.07. The lowest BCUT2D eigenvalue weighted by atomic mass is 10.3. The Morgan fingerprint density at radius 2 is 2.32 bits per heavy atom. The van der Waals surface area contributed by atoms with Crippen LogP contribution in [0, 0.1) is 0 Å². The molecule has 0 bridgehead atoms. The fourth-order valence-electron chi connectivity index (χ4n) is 2.59. The molecule has 1 atom stereocenters. The Kier molecular flexibility index (Phi) is 3.69. The van der Waals surface area contributed by atoms with Crippen LogP contribution in [0.15, 0.2) is 24.8 Å². The Labute approximate surface area is 136 Å². The topological polar surface area (TPSA) is 64.9 Å². The van der Waals surface area contributed by atoms with Crippen LogP contribution in [0.3, 0.4) is 0 Å². The maximum absolute atomic E-state index is 5.95. The van der Waals surface area contributed by atoms with Crippen molar-refractivity contribution in [1.82, 2.24) is 19.5 Å². The summed E-state index contributed by atoms with van der Waals surface area (Å²) >= 11 is 7.50. The lowest BCUT2D eigenvalue weighted by molar-refractivity contribution is 0.0593. The van der Waals surface area contributed by atoms with Gasteiger partial charge in [-0.1, -0.05) is 11.6 Å². The van der Waals surface area contributed by atoms with E-state index in [2.05, 4.69) is 20.3 Å². The molecule has 1 N–H and O–H groups in total. The van der Waals surface area contributed by atoms with Crippen molar-refractivity contribution < 1.29 is 4.74 Å². The van der Waals surface area contributed by atoms with Gasteiger partial charge >= 0.3 is 0 Å². The van der Waals surface area contributed by atoms with Gasteiger partial charge in [-0.15, -0.1) is 11.3 Å². The van der Waals surface area contributed by atoms with Gasteiger partial charge in [-0.05, 0) is 25.0 Å². The van der Waals surface area contributed by atoms with Gasteiger partial charge in [0.15, 0.2) is 17.0 Å². The molecular weight excluding hydrogens is 322 g/mol. The Morgan fingerprint density at radius 3 is 3.09 bits per heavy atom. The third-order valence-electron chi connectivity index (χ3n) is 3.63. The quantitative estimate of drug-likeness (QED) is 0.791. The first-order valence-electron chi connectivity index (χ1n) is 7.08. The summed E-state index contributed by atoms with van der Waals surface area (Å²) in [4.78, 5) is 14.3. The number of fused-ring (bicyclic) bond motifs is 1. The standard InChI is InChI=1S/C14H14ClN5OS/c15-10-4-3-9(22-10)6-16-13-12-14(18-7-17-13)20(8-19-12)11-2-1-5-21-11/h3-4,7-8,11H,1-2,5-6H2,(H,16,17,18). The predicted octanol–water partition coefficient (Wildman–Crippen LogP) is 3.46. The van der Waals surface area contributed by atoms with E-state index in [-0.39, 0.29) is 6.23 Å². The molecule has 0 aliphatic carbocycles. The highest BCUT2D eigenvalue weighted by atomic mass is 35.5. The highest BCUT2D eigenvalue weighted by Gasteiger charge is 2.21. The Bertz CT molecular complexity index is 795. The maximum atomic E-state index is 5.95. The molecule has 4 rings (SSSR count). The fourth-order valence-corrected chi connectivity index (χ4v) is 3.62. The Hall–Kier alpha value is -1.70. The first-order chi connectivity index (χ1) is 10.8. The minimum Gasteiger partial charge on any atom is -0.363 e. The van der Waals surface area contributed by atoms with Crippen LogP contribution < -0.4 is 5.32 Å². The van der Waals surface area contributed by atoms with E-state index in [0.29, 0.717) is 6.54 Å². The Morgan fingerprint density at radius 1 is 1.36 bits per heavy atom. The average molecular weight is 336 g/mol. The molecule has 8 heteroatoms. The number of aromatic nitrogens is 4. The SMILES string of the molecule is Clc1ccc(CNc2ncnc3c2ncn3C2CCCO2)s1. The predicted molar refractivity (Wildman–Crippen MR) is 86.2 cm³/mol. The third-order valence-corrected chi connectivity index (χ3v) is 4.86. The number of halogens is 1. The van der Waals surface area contributed by atoms with E-state index in [0.717, 1.165) is 45.6 Å². The van der Waals surface area contributed by atoms with E-state index < -0.39 is 0 Å². The molecule has 6 nitrogen and oxygen atoms in total. The second kappa shape index (κ2) is 5.83. The summed E-state index contributed by atoms with van der Waals surface area (Å²) in [7, 11) is 0. The minimum absolute atomic E-state index is 0.0313. The summed E-state index contributed by atoms with van der Waals surface area (Å²) in [5, 5.41) is 3.31. The van der Waals surface area contributed by atoms with Crippen LogP contribution in [0.1, 0.15) is 23.9 Å². The summed E-state index contributed by atoms with van der Waals surface area (Å²) in [5.41, 5.74) is 1.56. The number of imidazole rings is 1. The molecule has 3 aromatic heterocycles. The zero-order valence-corrected chi connectivity index (χ0v) is 13.3. The van der Waals surface area contributed by atoms with Crippen LogP contribution in [-0.4, -0.2) is 26.1 Å². The smallest absolute Gasteiger partial charge is 0.167 e. The van der Waals surface area contributed by atoms with Gasteiger partial charge in [0.2, 0.25) is 0 Å². The van der Waals surface area contributed by atoms with Gasteiger partial charge in [0.25, 0.3) is 0 Å². The van der Waals surface area contributed by atoms with Crippen LogP contribution in [-0.2, 0) is 11.3 Å². The van der Waals surface area contributed by atoms with Gasteiger partial charge in [0.1, 0.15) is 12.6 Å². The molecule has 4 heterocycles. The van der Waals surface area contributed by atoms with Crippen LogP contribution in [0.5, 0.6) is 0 Å². The summed E-state index contributed by atoms with van der Waals surface area (Å²) in [6.45, 7) is 1.45. The lowest BCUT2D eigenvalue weighted by Crippen LogP contribution is -2.07. The molecule has 22 heavy (non-hydrogen) atoms. The minimum atomic E-state index is 0.0313. The summed E-state index contributed by atoms with van der Waals surface area (Å²) < 4.78 is 8.47. The zero-order chi connectivity index (χ0) is 14.9. The normalized spacial score (nSPS) is 18.1. The highest BCUT2D eigenvalue weighted by molar-refractivity contribution is 7.16. The van der Waals surface area contributed by atoms with Gasteiger partial charge in [0, 0.05) is 11.5 Å². The van der Waals surface area contributed by atoms with Crippen molar-refractivity contribution in [3.05, 3.63) is 34.0 Å². The van der Waals surface area contributed by atoms with Crippen molar-refractivity contribution in [2.24, 2.45) is 0 Å². The number of thiophene rings is 1. The number of nitrogens with zero attached hydrogens (tertiary/aromatic N) is 4. The van der Waals surface area contributed by atoms with E-state index in [1.807, 2.05) is 16.7 Å². The van der Waals surface area contributed by atoms with Gasteiger partial charge < -0.3 is 10.1 Å². The molecule has 0 aromatic carbocycles. The van der Waals surface area contributed by atoms with Crippen LogP contribution in [0.4, 0.5) is 5.82 Å². The van der Waals surface area contributed by atoms with Crippen molar-refractivity contribution in [2.75, 3.05) is 11.9 Å². The van der Waals surface area contributed by atoms with Gasteiger partial charge in [-0.25, -0.2) is 15.0 Å². The number of nitrogens with one attached hydrogen (secondary N) is 1. The number of anilines is 1. The van der Waals surface area contributed by atoms with Gasteiger partial charge in [0.05, 0.1) is 17.2 Å². The average Bonchev–Trinajstić information content (AvgIpc) is 3.24. The van der Waals surface area contributed by atoms with E-state index in [4.69, 9.17) is 16.3 Å². The molecule has 1 aliphatic heterocycles. The van der Waals surface area contributed by atoms with E-state index in [1.165, 1.54) is 0 Å². The molecule has 0 spiro atoms. The van der Waals surface area contributed by atoms with Gasteiger partial charge in [-0.3, -0.25) is 4.57 Å². The number of ether oxygens (including phenoxy) is 1. The number of hydrogen-bond donors (Lipinski definition) is 1. The molecule has 0 radical (unpaired) electrons. The van der Waals surface area contributed by atoms with Crippen LogP contribution in [0.2, 0.25) is 4.34 Å². The van der Waals surface area contributed by atoms with E-state index in [9.17, 15) is 0 Å². The van der Waals surface area contributed by atoms with E-state index in [1.54, 1.807) is 24.0 Å². The molecule has 1 saturated heterocycles. The third kappa shape index (κ3) is 2.55. The second-order valence-corrected chi connectivity index (χ2v) is 6.87. The van der Waals surface area contributed by atoms with Gasteiger partial charge in [-0.2, -0.15) is 0 Å². The molecule has 0 saturated carbocycles. The number of rotatable bonds is 4. The summed E-state index contributed by atoms with van der Waals surface area (Å²) in [6, 6.07) is 3.90. The van der Waals surface area contributed by atoms with Crippen molar-refractivity contribution in [3.63, 3.8) is 0 Å². The van der Waals surface area contributed by atoms with E-state index >= 15 is 0 Å². The molecule has 114 valence electrons. The highest BCUT2D eigenvalue weighted by Crippen LogP contribution is 2.28. The molecule has 3 aromatic rings. The van der Waals surface area contributed by atoms with Crippen molar-refractivity contribution in [3.8, 4) is 0 Å². The van der Waals surface area contributed by atoms with Crippen LogP contribution in [0.25, 0.3) is 11.2 Å². The molecule has 1 aliphatic rings. The lowest BCUT2D eigenvalue weighted by Gasteiger charge is -2.11. The first-order valence-corrected chi connectivity index (χ1v) is 8.28.